The van der Waals surface area contributed by atoms with E-state index < -0.39 is 11.8 Å². The van der Waals surface area contributed by atoms with Crippen LogP contribution in [-0.2, 0) is 14.4 Å². The van der Waals surface area contributed by atoms with E-state index in [4.69, 9.17) is 0 Å². The van der Waals surface area contributed by atoms with Crippen LogP contribution >= 0.6 is 0 Å². The molecular weight excluding hydrogens is 194 g/mol. The summed E-state index contributed by atoms with van der Waals surface area (Å²) in [6.07, 6.45) is 0.968. The summed E-state index contributed by atoms with van der Waals surface area (Å²) >= 11 is 0. The van der Waals surface area contributed by atoms with Crippen molar-refractivity contribution in [3.05, 3.63) is 0 Å². The molecule has 4 nitrogen and oxygen atoms in total. The molecular formula is C11H17NO3. The van der Waals surface area contributed by atoms with Gasteiger partial charge in [0.1, 0.15) is 0 Å². The van der Waals surface area contributed by atoms with Gasteiger partial charge in [-0.3, -0.25) is 19.3 Å². The lowest BCUT2D eigenvalue weighted by Gasteiger charge is -2.33. The zero-order valence-corrected chi connectivity index (χ0v) is 9.45. The summed E-state index contributed by atoms with van der Waals surface area (Å²) in [4.78, 5) is 36.5. The molecule has 0 aromatic carbocycles. The number of amides is 2. The first-order valence-electron chi connectivity index (χ1n) is 5.47. The summed E-state index contributed by atoms with van der Waals surface area (Å²) in [6.45, 7) is 5.72. The minimum atomic E-state index is -0.604. The van der Waals surface area contributed by atoms with Crippen LogP contribution in [0, 0.1) is 11.8 Å². The number of rotatable bonds is 3. The van der Waals surface area contributed by atoms with Gasteiger partial charge in [0.2, 0.25) is 11.8 Å². The lowest BCUT2D eigenvalue weighted by atomic mass is 9.83. The summed E-state index contributed by atoms with van der Waals surface area (Å²) in [7, 11) is 0. The minimum absolute atomic E-state index is 0.195. The van der Waals surface area contributed by atoms with Gasteiger partial charge in [-0.1, -0.05) is 13.8 Å². The van der Waals surface area contributed by atoms with Crippen molar-refractivity contribution in [3.63, 3.8) is 0 Å². The molecule has 1 heterocycles. The van der Waals surface area contributed by atoms with Gasteiger partial charge in [-0.15, -0.1) is 0 Å². The lowest BCUT2D eigenvalue weighted by Crippen LogP contribution is -2.54. The average molecular weight is 211 g/mol. The normalized spacial score (nSPS) is 27.4. The number of likely N-dealkylation sites (tertiary alicyclic amines) is 1. The molecule has 0 aromatic rings. The molecule has 84 valence electrons. The fourth-order valence-corrected chi connectivity index (χ4v) is 2.03. The molecule has 4 heteroatoms. The maximum Gasteiger partial charge on any atom is 0.239 e. The van der Waals surface area contributed by atoms with Crippen LogP contribution in [0.3, 0.4) is 0 Å². The zero-order valence-electron chi connectivity index (χ0n) is 9.45. The van der Waals surface area contributed by atoms with Gasteiger partial charge < -0.3 is 0 Å². The van der Waals surface area contributed by atoms with Gasteiger partial charge in [0.25, 0.3) is 0 Å². The zero-order chi connectivity index (χ0) is 11.6. The monoisotopic (exact) mass is 211 g/mol. The number of ketones is 1. The molecule has 1 rings (SSSR count). The highest BCUT2D eigenvalue weighted by molar-refractivity contribution is 6.19. The number of hydrogen-bond donors (Lipinski definition) is 0. The second-order valence-corrected chi connectivity index (χ2v) is 3.74. The molecule has 0 radical (unpaired) electrons. The van der Waals surface area contributed by atoms with Crippen molar-refractivity contribution in [1.29, 1.82) is 0 Å². The van der Waals surface area contributed by atoms with Crippen molar-refractivity contribution in [2.24, 2.45) is 11.8 Å². The second kappa shape index (κ2) is 4.55. The Labute approximate surface area is 89.6 Å². The Morgan fingerprint density at radius 2 is 1.33 bits per heavy atom. The quantitative estimate of drug-likeness (QED) is 0.517. The molecule has 0 saturated carbocycles. The molecule has 15 heavy (non-hydrogen) atoms. The van der Waals surface area contributed by atoms with Crippen molar-refractivity contribution < 1.29 is 14.4 Å². The number of nitrogens with zero attached hydrogens (tertiary/aromatic N) is 1. The Hall–Kier alpha value is -1.19. The van der Waals surface area contributed by atoms with Crippen LogP contribution in [0.1, 0.15) is 33.6 Å². The van der Waals surface area contributed by atoms with Crippen molar-refractivity contribution in [2.45, 2.75) is 33.6 Å². The van der Waals surface area contributed by atoms with E-state index >= 15 is 0 Å². The highest BCUT2D eigenvalue weighted by Gasteiger charge is 2.44. The van der Waals surface area contributed by atoms with E-state index in [1.807, 2.05) is 0 Å². The Balaban J connectivity index is 3.03. The van der Waals surface area contributed by atoms with Crippen LogP contribution in [0.2, 0.25) is 0 Å². The molecule has 2 amide bonds. The molecule has 0 spiro atoms. The smallest absolute Gasteiger partial charge is 0.239 e. The molecule has 0 aliphatic carbocycles. The highest BCUT2D eigenvalue weighted by Crippen LogP contribution is 2.25. The minimum Gasteiger partial charge on any atom is -0.298 e. The largest absolute Gasteiger partial charge is 0.298 e. The van der Waals surface area contributed by atoms with Gasteiger partial charge in [-0.25, -0.2) is 0 Å². The van der Waals surface area contributed by atoms with Crippen molar-refractivity contribution in [2.75, 3.05) is 6.54 Å². The predicted molar refractivity (Wildman–Crippen MR) is 55.0 cm³/mol. The number of piperidine rings is 1. The average Bonchev–Trinajstić information content (AvgIpc) is 2.19. The number of Topliss-reactive ketones (excluding diaryl/α,β-unsaturated/α-hetero) is 1. The molecule has 1 fully saturated rings. The van der Waals surface area contributed by atoms with E-state index in [0.717, 1.165) is 0 Å². The van der Waals surface area contributed by atoms with Gasteiger partial charge in [0, 0.05) is 6.54 Å². The van der Waals surface area contributed by atoms with Gasteiger partial charge >= 0.3 is 0 Å². The van der Waals surface area contributed by atoms with E-state index in [9.17, 15) is 14.4 Å². The van der Waals surface area contributed by atoms with E-state index in [0.29, 0.717) is 19.4 Å². The standard InChI is InChI=1S/C11H17NO3/c1-4-7-9(13)8(5-2)11(15)12(6-3)10(7)14/h7-8H,4-6H2,1-3H3. The van der Waals surface area contributed by atoms with Crippen LogP contribution in [0.4, 0.5) is 0 Å². The fourth-order valence-electron chi connectivity index (χ4n) is 2.03. The summed E-state index contributed by atoms with van der Waals surface area (Å²) in [5, 5.41) is 0. The van der Waals surface area contributed by atoms with Crippen LogP contribution in [0.25, 0.3) is 0 Å². The predicted octanol–water partition coefficient (Wildman–Crippen LogP) is 0.997. The van der Waals surface area contributed by atoms with Gasteiger partial charge in [0.05, 0.1) is 11.8 Å². The topological polar surface area (TPSA) is 54.5 Å². The lowest BCUT2D eigenvalue weighted by molar-refractivity contribution is -0.160. The first kappa shape index (κ1) is 11.9. The van der Waals surface area contributed by atoms with Crippen molar-refractivity contribution in [1.82, 2.24) is 4.90 Å². The number of carbonyl (C=O) groups excluding carboxylic acids is 3. The van der Waals surface area contributed by atoms with Crippen LogP contribution in [0.15, 0.2) is 0 Å². The first-order chi connectivity index (χ1) is 7.08. The Kier molecular flexibility index (Phi) is 3.61. The van der Waals surface area contributed by atoms with E-state index in [2.05, 4.69) is 0 Å². The summed E-state index contributed by atoms with van der Waals surface area (Å²) in [5.74, 6) is -2.04. The Bertz CT molecular complexity index is 233. The van der Waals surface area contributed by atoms with Gasteiger partial charge in [-0.05, 0) is 19.8 Å². The molecule has 1 aliphatic rings. The Morgan fingerprint density at radius 3 is 1.60 bits per heavy atom. The maximum atomic E-state index is 11.8. The van der Waals surface area contributed by atoms with Crippen molar-refractivity contribution in [3.8, 4) is 0 Å². The first-order valence-corrected chi connectivity index (χ1v) is 5.47. The van der Waals surface area contributed by atoms with Crippen LogP contribution in [-0.4, -0.2) is 29.0 Å². The van der Waals surface area contributed by atoms with Gasteiger partial charge in [-0.2, -0.15) is 0 Å². The van der Waals surface area contributed by atoms with Crippen molar-refractivity contribution >= 4 is 17.6 Å². The molecule has 0 bridgehead atoms. The SMILES string of the molecule is CCC1C(=O)C(CC)C(=O)N(CC)C1=O. The van der Waals surface area contributed by atoms with Crippen LogP contribution in [0.5, 0.6) is 0 Å². The maximum absolute atomic E-state index is 11.8. The fraction of sp³-hybridized carbons (Fsp3) is 0.727. The third kappa shape index (κ3) is 1.80. The highest BCUT2D eigenvalue weighted by atomic mass is 16.2. The third-order valence-electron chi connectivity index (χ3n) is 2.95. The number of carbonyl (C=O) groups is 3. The van der Waals surface area contributed by atoms with E-state index in [1.54, 1.807) is 20.8 Å². The second-order valence-electron chi connectivity index (χ2n) is 3.74. The van der Waals surface area contributed by atoms with E-state index in [1.165, 1.54) is 4.90 Å². The Morgan fingerprint density at radius 1 is 0.933 bits per heavy atom. The number of imide groups is 1. The third-order valence-corrected chi connectivity index (χ3v) is 2.95. The summed E-state index contributed by atoms with van der Waals surface area (Å²) in [6, 6.07) is 0. The molecule has 1 saturated heterocycles. The summed E-state index contributed by atoms with van der Waals surface area (Å²) < 4.78 is 0. The molecule has 0 N–H and O–H groups in total. The molecule has 2 atom stereocenters. The molecule has 1 aliphatic heterocycles. The molecule has 0 aromatic heterocycles. The number of hydrogen-bond acceptors (Lipinski definition) is 3. The van der Waals surface area contributed by atoms with Crippen LogP contribution < -0.4 is 0 Å². The van der Waals surface area contributed by atoms with E-state index in [-0.39, 0.29) is 17.6 Å². The van der Waals surface area contributed by atoms with Gasteiger partial charge in [0.15, 0.2) is 5.78 Å². The molecule has 2 unspecified atom stereocenters. The summed E-state index contributed by atoms with van der Waals surface area (Å²) in [5.41, 5.74) is 0.